The third kappa shape index (κ3) is 4.59. The molecule has 152 valence electrons. The molecule has 3 aromatic rings. The smallest absolute Gasteiger partial charge is 0.269 e. The van der Waals surface area contributed by atoms with Gasteiger partial charge in [-0.1, -0.05) is 53.5 Å². The lowest BCUT2D eigenvalue weighted by molar-refractivity contribution is 0.0903. The van der Waals surface area contributed by atoms with Crippen LogP contribution < -0.4 is 5.32 Å². The molecule has 1 unspecified atom stereocenters. The Morgan fingerprint density at radius 1 is 1.10 bits per heavy atom. The lowest BCUT2D eigenvalue weighted by Crippen LogP contribution is -2.47. The Hall–Kier alpha value is -2.05. The van der Waals surface area contributed by atoms with Gasteiger partial charge >= 0.3 is 0 Å². The molecule has 0 spiro atoms. The number of aromatic amines is 1. The number of H-pyrrole nitrogens is 1. The van der Waals surface area contributed by atoms with Crippen LogP contribution in [0.2, 0.25) is 10.0 Å². The van der Waals surface area contributed by atoms with E-state index in [1.165, 1.54) is 0 Å². The van der Waals surface area contributed by atoms with Crippen molar-refractivity contribution in [1.82, 2.24) is 20.1 Å². The van der Waals surface area contributed by atoms with E-state index in [2.05, 4.69) is 27.1 Å². The van der Waals surface area contributed by atoms with E-state index in [1.807, 2.05) is 36.4 Å². The molecule has 0 saturated carbocycles. The number of hydrogen-bond donors (Lipinski definition) is 2. The van der Waals surface area contributed by atoms with Gasteiger partial charge in [0, 0.05) is 48.6 Å². The maximum absolute atomic E-state index is 13.1. The van der Waals surface area contributed by atoms with Crippen molar-refractivity contribution in [1.29, 1.82) is 0 Å². The monoisotopic (exact) mass is 430 g/mol. The van der Waals surface area contributed by atoms with Gasteiger partial charge in [0.1, 0.15) is 5.69 Å². The van der Waals surface area contributed by atoms with Gasteiger partial charge < -0.3 is 15.2 Å². The fourth-order valence-electron chi connectivity index (χ4n) is 3.73. The zero-order chi connectivity index (χ0) is 20.4. The van der Waals surface area contributed by atoms with E-state index in [0.29, 0.717) is 15.7 Å². The first kappa shape index (κ1) is 20.2. The molecule has 1 aliphatic heterocycles. The van der Waals surface area contributed by atoms with Crippen molar-refractivity contribution in [3.63, 3.8) is 0 Å². The van der Waals surface area contributed by atoms with Gasteiger partial charge in [-0.25, -0.2) is 0 Å². The summed E-state index contributed by atoms with van der Waals surface area (Å²) in [6.07, 6.45) is 0. The summed E-state index contributed by atoms with van der Waals surface area (Å²) in [5.41, 5.74) is 2.23. The number of rotatable bonds is 5. The molecule has 2 heterocycles. The number of hydrogen-bond acceptors (Lipinski definition) is 3. The first-order valence-electron chi connectivity index (χ1n) is 9.74. The summed E-state index contributed by atoms with van der Waals surface area (Å²) in [6, 6.07) is 15.3. The molecular weight excluding hydrogens is 407 g/mol. The van der Waals surface area contributed by atoms with Gasteiger partial charge in [0.05, 0.1) is 11.1 Å². The lowest BCUT2D eigenvalue weighted by atomic mass is 10.1. The first-order valence-corrected chi connectivity index (χ1v) is 10.5. The van der Waals surface area contributed by atoms with Crippen LogP contribution in [0.15, 0.2) is 48.5 Å². The van der Waals surface area contributed by atoms with E-state index < -0.39 is 0 Å². The highest BCUT2D eigenvalue weighted by Gasteiger charge is 2.24. The standard InChI is InChI=1S/C22H24Cl2N4O/c1-27-9-11-28(12-10-27)14-19(15-5-3-2-4-6-15)26-22(29)21-20(24)17-13-16(23)7-8-18(17)25-21/h2-8,13,19,25H,9-12,14H2,1H3,(H,26,29). The summed E-state index contributed by atoms with van der Waals surface area (Å²) < 4.78 is 0. The summed E-state index contributed by atoms with van der Waals surface area (Å²) in [5, 5.41) is 4.91. The average molecular weight is 431 g/mol. The second kappa shape index (κ2) is 8.76. The molecule has 1 saturated heterocycles. The van der Waals surface area contributed by atoms with Gasteiger partial charge in [0.2, 0.25) is 0 Å². The SMILES string of the molecule is CN1CCN(CC(NC(=O)c2[nH]c3ccc(Cl)cc3c2Cl)c2ccccc2)CC1. The van der Waals surface area contributed by atoms with Crippen LogP contribution in [0, 0.1) is 0 Å². The maximum Gasteiger partial charge on any atom is 0.269 e. The molecule has 0 bridgehead atoms. The third-order valence-corrected chi connectivity index (χ3v) is 6.10. The molecule has 1 atom stereocenters. The Morgan fingerprint density at radius 3 is 2.55 bits per heavy atom. The average Bonchev–Trinajstić information content (AvgIpc) is 3.06. The Bertz CT molecular complexity index is 997. The van der Waals surface area contributed by atoms with Gasteiger partial charge in [-0.3, -0.25) is 9.69 Å². The number of nitrogens with zero attached hydrogens (tertiary/aromatic N) is 2. The van der Waals surface area contributed by atoms with E-state index in [-0.39, 0.29) is 11.9 Å². The Balaban J connectivity index is 1.57. The third-order valence-electron chi connectivity index (χ3n) is 5.47. The highest BCUT2D eigenvalue weighted by atomic mass is 35.5. The minimum Gasteiger partial charge on any atom is -0.349 e. The van der Waals surface area contributed by atoms with Crippen LogP contribution in [-0.2, 0) is 0 Å². The maximum atomic E-state index is 13.1. The van der Waals surface area contributed by atoms with Crippen molar-refractivity contribution < 1.29 is 4.79 Å². The summed E-state index contributed by atoms with van der Waals surface area (Å²) in [5.74, 6) is -0.217. The molecule has 2 aromatic carbocycles. The lowest BCUT2D eigenvalue weighted by Gasteiger charge is -2.35. The minimum absolute atomic E-state index is 0.127. The number of amides is 1. The van der Waals surface area contributed by atoms with E-state index in [1.54, 1.807) is 12.1 Å². The fourth-order valence-corrected chi connectivity index (χ4v) is 4.19. The van der Waals surface area contributed by atoms with Crippen LogP contribution in [0.4, 0.5) is 0 Å². The van der Waals surface area contributed by atoms with E-state index >= 15 is 0 Å². The molecule has 0 aliphatic carbocycles. The van der Waals surface area contributed by atoms with E-state index in [4.69, 9.17) is 23.2 Å². The number of fused-ring (bicyclic) bond motifs is 1. The van der Waals surface area contributed by atoms with Crippen molar-refractivity contribution in [3.05, 3.63) is 69.8 Å². The predicted octanol–water partition coefficient (Wildman–Crippen LogP) is 4.19. The summed E-state index contributed by atoms with van der Waals surface area (Å²) in [4.78, 5) is 21.0. The molecule has 1 aliphatic rings. The van der Waals surface area contributed by atoms with Crippen molar-refractivity contribution >= 4 is 40.0 Å². The molecule has 1 fully saturated rings. The van der Waals surface area contributed by atoms with Crippen LogP contribution in [0.3, 0.4) is 0 Å². The van der Waals surface area contributed by atoms with Crippen LogP contribution in [0.25, 0.3) is 10.9 Å². The van der Waals surface area contributed by atoms with Gasteiger partial charge in [0.25, 0.3) is 5.91 Å². The number of carbonyl (C=O) groups excluding carboxylic acids is 1. The highest BCUT2D eigenvalue weighted by molar-refractivity contribution is 6.39. The molecule has 7 heteroatoms. The first-order chi connectivity index (χ1) is 14.0. The molecule has 2 N–H and O–H groups in total. The number of likely N-dealkylation sites (N-methyl/N-ethyl adjacent to an activating group) is 1. The van der Waals surface area contributed by atoms with Crippen LogP contribution in [0.1, 0.15) is 22.1 Å². The van der Waals surface area contributed by atoms with Crippen LogP contribution >= 0.6 is 23.2 Å². The quantitative estimate of drug-likeness (QED) is 0.637. The number of carbonyl (C=O) groups is 1. The molecule has 1 amide bonds. The Morgan fingerprint density at radius 2 is 1.83 bits per heavy atom. The zero-order valence-corrected chi connectivity index (χ0v) is 17.8. The fraction of sp³-hybridized carbons (Fsp3) is 0.318. The van der Waals surface area contributed by atoms with Crippen molar-refractivity contribution in [2.75, 3.05) is 39.8 Å². The van der Waals surface area contributed by atoms with E-state index in [9.17, 15) is 4.79 Å². The number of benzene rings is 2. The zero-order valence-electron chi connectivity index (χ0n) is 16.3. The van der Waals surface area contributed by atoms with Crippen LogP contribution in [0.5, 0.6) is 0 Å². The summed E-state index contributed by atoms with van der Waals surface area (Å²) in [6.45, 7) is 4.80. The second-order valence-electron chi connectivity index (χ2n) is 7.54. The summed E-state index contributed by atoms with van der Waals surface area (Å²) >= 11 is 12.6. The molecule has 0 radical (unpaired) electrons. The van der Waals surface area contributed by atoms with Gasteiger partial charge in [-0.05, 0) is 30.8 Å². The Kier molecular flexibility index (Phi) is 6.11. The molecule has 5 nitrogen and oxygen atoms in total. The second-order valence-corrected chi connectivity index (χ2v) is 8.36. The van der Waals surface area contributed by atoms with Gasteiger partial charge in [-0.2, -0.15) is 0 Å². The molecule has 1 aromatic heterocycles. The molecule has 29 heavy (non-hydrogen) atoms. The van der Waals surface area contributed by atoms with Crippen molar-refractivity contribution in [2.24, 2.45) is 0 Å². The largest absolute Gasteiger partial charge is 0.349 e. The number of halogens is 2. The van der Waals surface area contributed by atoms with Gasteiger partial charge in [0.15, 0.2) is 0 Å². The number of nitrogens with one attached hydrogen (secondary N) is 2. The topological polar surface area (TPSA) is 51.4 Å². The highest BCUT2D eigenvalue weighted by Crippen LogP contribution is 2.30. The Labute approximate surface area is 180 Å². The van der Waals surface area contributed by atoms with E-state index in [0.717, 1.165) is 49.2 Å². The van der Waals surface area contributed by atoms with Crippen molar-refractivity contribution in [3.8, 4) is 0 Å². The number of aromatic nitrogens is 1. The summed E-state index contributed by atoms with van der Waals surface area (Å²) in [7, 11) is 2.14. The normalized spacial score (nSPS) is 16.8. The van der Waals surface area contributed by atoms with Crippen LogP contribution in [-0.4, -0.2) is 60.5 Å². The van der Waals surface area contributed by atoms with Crippen molar-refractivity contribution in [2.45, 2.75) is 6.04 Å². The predicted molar refractivity (Wildman–Crippen MR) is 119 cm³/mol. The number of piperazine rings is 1. The molecule has 4 rings (SSSR count). The van der Waals surface area contributed by atoms with Gasteiger partial charge in [-0.15, -0.1) is 0 Å². The minimum atomic E-state index is -0.217. The molecular formula is C22H24Cl2N4O.